The van der Waals surface area contributed by atoms with E-state index in [4.69, 9.17) is 9.47 Å². The zero-order valence-electron chi connectivity index (χ0n) is 19.0. The third-order valence-corrected chi connectivity index (χ3v) is 6.46. The van der Waals surface area contributed by atoms with E-state index in [1.165, 1.54) is 17.2 Å². The number of β-amino-alcohol motifs (C(OH)–C–C–N with tert-alkyl or cyclic N) is 1. The van der Waals surface area contributed by atoms with Crippen molar-refractivity contribution in [1.82, 2.24) is 20.2 Å². The van der Waals surface area contributed by atoms with Gasteiger partial charge >= 0.3 is 12.2 Å². The van der Waals surface area contributed by atoms with Crippen LogP contribution in [0.25, 0.3) is 11.0 Å². The number of hydrogen-bond acceptors (Lipinski definition) is 7. The van der Waals surface area contributed by atoms with Crippen LogP contribution in [0.2, 0.25) is 0 Å². The lowest BCUT2D eigenvalue weighted by Gasteiger charge is -2.43. The minimum Gasteiger partial charge on any atom is -0.456 e. The number of aromatic nitrogens is 4. The van der Waals surface area contributed by atoms with E-state index in [0.29, 0.717) is 22.8 Å². The molecule has 3 aromatic heterocycles. The summed E-state index contributed by atoms with van der Waals surface area (Å²) < 4.78 is 51.9. The highest BCUT2D eigenvalue weighted by Gasteiger charge is 2.61. The van der Waals surface area contributed by atoms with Gasteiger partial charge in [-0.25, -0.2) is 9.78 Å². The van der Waals surface area contributed by atoms with E-state index in [1.807, 2.05) is 0 Å². The predicted octanol–water partition coefficient (Wildman–Crippen LogP) is 4.09. The molecule has 5 heterocycles. The fourth-order valence-corrected chi connectivity index (χ4v) is 4.48. The van der Waals surface area contributed by atoms with Crippen molar-refractivity contribution in [2.75, 3.05) is 23.0 Å². The monoisotopic (exact) mass is 512 g/mol. The van der Waals surface area contributed by atoms with Crippen molar-refractivity contribution in [3.05, 3.63) is 66.7 Å². The molecule has 2 unspecified atom stereocenters. The van der Waals surface area contributed by atoms with E-state index in [-0.39, 0.29) is 30.8 Å². The molecule has 10 nitrogen and oxygen atoms in total. The van der Waals surface area contributed by atoms with Crippen LogP contribution in [-0.4, -0.2) is 56.9 Å². The van der Waals surface area contributed by atoms with E-state index >= 15 is 0 Å². The molecule has 0 saturated carbocycles. The molecule has 37 heavy (non-hydrogen) atoms. The molecule has 6 rings (SSSR count). The summed E-state index contributed by atoms with van der Waals surface area (Å²) >= 11 is 0. The lowest BCUT2D eigenvalue weighted by Crippen LogP contribution is -2.52. The second-order valence-corrected chi connectivity index (χ2v) is 8.67. The number of aliphatic hydroxyl groups is 1. The number of nitrogens with one attached hydrogen (secondary N) is 1. The zero-order chi connectivity index (χ0) is 25.8. The van der Waals surface area contributed by atoms with Gasteiger partial charge in [0.2, 0.25) is 0 Å². The number of nitrogens with zero attached hydrogens (tertiary/aromatic N) is 5. The fourth-order valence-electron chi connectivity index (χ4n) is 4.48. The Morgan fingerprint density at radius 1 is 1.08 bits per heavy atom. The fraction of sp³-hybridized carbons (Fsp3) is 0.250. The number of fused-ring (bicyclic) bond motifs is 1. The molecule has 1 aromatic carbocycles. The Morgan fingerprint density at radius 3 is 2.57 bits per heavy atom. The van der Waals surface area contributed by atoms with Crippen LogP contribution in [-0.2, 0) is 10.3 Å². The first-order valence-corrected chi connectivity index (χ1v) is 11.3. The molecule has 2 aliphatic rings. The van der Waals surface area contributed by atoms with Gasteiger partial charge in [0.15, 0.2) is 17.5 Å². The van der Waals surface area contributed by atoms with Crippen LogP contribution >= 0.6 is 0 Å². The van der Waals surface area contributed by atoms with Gasteiger partial charge in [0.05, 0.1) is 37.4 Å². The molecule has 2 N–H and O–H groups in total. The first-order valence-electron chi connectivity index (χ1n) is 11.3. The second kappa shape index (κ2) is 8.42. The Hall–Kier alpha value is -4.23. The van der Waals surface area contributed by atoms with Gasteiger partial charge in [-0.05, 0) is 36.4 Å². The van der Waals surface area contributed by atoms with Crippen molar-refractivity contribution in [2.45, 2.75) is 24.4 Å². The summed E-state index contributed by atoms with van der Waals surface area (Å²) in [4.78, 5) is 23.6. The third-order valence-electron chi connectivity index (χ3n) is 6.46. The van der Waals surface area contributed by atoms with Crippen molar-refractivity contribution < 1.29 is 32.5 Å². The van der Waals surface area contributed by atoms with E-state index in [1.54, 1.807) is 42.7 Å². The van der Waals surface area contributed by atoms with Gasteiger partial charge < -0.3 is 14.6 Å². The molecule has 2 amide bonds. The van der Waals surface area contributed by atoms with Crippen LogP contribution in [0.5, 0.6) is 11.5 Å². The number of pyridine rings is 2. The average molecular weight is 512 g/mol. The SMILES string of the molecule is O=C1N(c2cncc(C3(C(F)(F)F)CCO3)c2)CC(O)N1c1ccc(Oc2cnc3[nH]ncc3c2)cc1. The number of H-pyrrole nitrogens is 1. The number of hydrogen-bond donors (Lipinski definition) is 2. The Bertz CT molecular complexity index is 1470. The number of carbonyl (C=O) groups is 1. The van der Waals surface area contributed by atoms with E-state index < -0.39 is 24.0 Å². The van der Waals surface area contributed by atoms with Crippen LogP contribution in [0.1, 0.15) is 12.0 Å². The highest BCUT2D eigenvalue weighted by molar-refractivity contribution is 6.06. The number of urea groups is 1. The highest BCUT2D eigenvalue weighted by Crippen LogP contribution is 2.50. The average Bonchev–Trinajstić information content (AvgIpc) is 3.41. The van der Waals surface area contributed by atoms with Crippen LogP contribution in [0.3, 0.4) is 0 Å². The lowest BCUT2D eigenvalue weighted by molar-refractivity contribution is -0.333. The molecule has 0 spiro atoms. The smallest absolute Gasteiger partial charge is 0.421 e. The summed E-state index contributed by atoms with van der Waals surface area (Å²) in [6.07, 6.45) is -0.559. The summed E-state index contributed by atoms with van der Waals surface area (Å²) in [5, 5.41) is 18.1. The predicted molar refractivity (Wildman–Crippen MR) is 124 cm³/mol. The summed E-state index contributed by atoms with van der Waals surface area (Å²) in [5.41, 5.74) is -1.48. The Morgan fingerprint density at radius 2 is 1.86 bits per heavy atom. The molecule has 2 saturated heterocycles. The maximum atomic E-state index is 13.7. The first-order chi connectivity index (χ1) is 17.7. The maximum Gasteiger partial charge on any atom is 0.421 e. The van der Waals surface area contributed by atoms with Crippen molar-refractivity contribution in [3.63, 3.8) is 0 Å². The third kappa shape index (κ3) is 3.83. The van der Waals surface area contributed by atoms with Crippen molar-refractivity contribution in [1.29, 1.82) is 0 Å². The molecule has 0 bridgehead atoms. The van der Waals surface area contributed by atoms with Gasteiger partial charge in [0, 0.05) is 29.3 Å². The van der Waals surface area contributed by atoms with E-state index in [9.17, 15) is 23.1 Å². The maximum absolute atomic E-state index is 13.7. The van der Waals surface area contributed by atoms with Crippen LogP contribution < -0.4 is 14.5 Å². The van der Waals surface area contributed by atoms with Crippen LogP contribution in [0.4, 0.5) is 29.3 Å². The largest absolute Gasteiger partial charge is 0.456 e. The van der Waals surface area contributed by atoms with Crippen molar-refractivity contribution >= 4 is 28.4 Å². The van der Waals surface area contributed by atoms with Gasteiger partial charge in [-0.1, -0.05) is 0 Å². The Balaban J connectivity index is 1.21. The molecule has 2 atom stereocenters. The normalized spacial score (nSPS) is 21.9. The Labute approximate surface area is 207 Å². The lowest BCUT2D eigenvalue weighted by atomic mass is 9.86. The van der Waals surface area contributed by atoms with Crippen LogP contribution in [0, 0.1) is 0 Å². The zero-order valence-corrected chi connectivity index (χ0v) is 19.0. The number of carbonyl (C=O) groups excluding carboxylic acids is 1. The van der Waals surface area contributed by atoms with Gasteiger partial charge in [0.1, 0.15) is 11.5 Å². The molecule has 2 aliphatic heterocycles. The van der Waals surface area contributed by atoms with E-state index in [2.05, 4.69) is 20.2 Å². The molecule has 0 aliphatic carbocycles. The number of aliphatic hydroxyl groups excluding tert-OH is 1. The second-order valence-electron chi connectivity index (χ2n) is 8.67. The molecule has 4 aromatic rings. The number of aromatic amines is 1. The summed E-state index contributed by atoms with van der Waals surface area (Å²) in [6.45, 7) is -0.175. The quantitative estimate of drug-likeness (QED) is 0.414. The minimum atomic E-state index is -4.63. The summed E-state index contributed by atoms with van der Waals surface area (Å²) in [6, 6.07) is 8.84. The van der Waals surface area contributed by atoms with Gasteiger partial charge in [-0.2, -0.15) is 18.3 Å². The minimum absolute atomic E-state index is 0.0208. The highest BCUT2D eigenvalue weighted by atomic mass is 19.4. The van der Waals surface area contributed by atoms with Crippen molar-refractivity contribution in [2.24, 2.45) is 0 Å². The van der Waals surface area contributed by atoms with Crippen LogP contribution in [0.15, 0.2) is 61.2 Å². The number of rotatable bonds is 5. The standard InChI is InChI=1S/C24H19F3N6O4/c25-24(26,27)23(5-6-36-23)15-8-17(11-28-10-15)32-13-20(34)33(22(32)35)16-1-3-18(4-2-16)37-19-7-14-9-30-31-21(14)29-12-19/h1-4,7-12,20,34H,5-6,13H2,(H,29,30,31). The molecule has 2 fully saturated rings. The first kappa shape index (κ1) is 23.2. The summed E-state index contributed by atoms with van der Waals surface area (Å²) in [7, 11) is 0. The number of anilines is 2. The molecule has 0 radical (unpaired) electrons. The Kier molecular flexibility index (Phi) is 5.28. The van der Waals surface area contributed by atoms with Gasteiger partial charge in [-0.15, -0.1) is 0 Å². The molecular weight excluding hydrogens is 493 g/mol. The van der Waals surface area contributed by atoms with Gasteiger partial charge in [0.25, 0.3) is 0 Å². The summed E-state index contributed by atoms with van der Waals surface area (Å²) in [5.74, 6) is 0.964. The number of amides is 2. The number of benzene rings is 1. The van der Waals surface area contributed by atoms with Crippen molar-refractivity contribution in [3.8, 4) is 11.5 Å². The number of halogens is 3. The topological polar surface area (TPSA) is 117 Å². The number of ether oxygens (including phenoxy) is 2. The molecule has 190 valence electrons. The molecular formula is C24H19F3N6O4. The molecule has 13 heteroatoms. The number of alkyl halides is 3. The van der Waals surface area contributed by atoms with E-state index in [0.717, 1.165) is 16.5 Å². The van der Waals surface area contributed by atoms with Gasteiger partial charge in [-0.3, -0.25) is 19.9 Å².